The van der Waals surface area contributed by atoms with Gasteiger partial charge in [0.1, 0.15) is 35.2 Å². The third kappa shape index (κ3) is 3.74. The van der Waals surface area contributed by atoms with E-state index in [1.54, 1.807) is 0 Å². The average molecular weight is 347 g/mol. The molecule has 1 fully saturated rings. The summed E-state index contributed by atoms with van der Waals surface area (Å²) in [6, 6.07) is 3.79. The number of hydrogen-bond donors (Lipinski definition) is 2. The second-order valence-electron chi connectivity index (χ2n) is 5.97. The topological polar surface area (TPSA) is 69.9 Å². The molecule has 2 heterocycles. The van der Waals surface area contributed by atoms with Gasteiger partial charge in [-0.25, -0.2) is 18.7 Å². The largest absolute Gasteiger partial charge is 0.365 e. The molecule has 0 unspecified atom stereocenters. The molecule has 0 radical (unpaired) electrons. The summed E-state index contributed by atoms with van der Waals surface area (Å²) in [6.45, 7) is 3.48. The molecule has 132 valence electrons. The van der Waals surface area contributed by atoms with Gasteiger partial charge in [0.2, 0.25) is 0 Å². The molecule has 1 aromatic heterocycles. The summed E-state index contributed by atoms with van der Waals surface area (Å²) >= 11 is 0. The first-order valence-corrected chi connectivity index (χ1v) is 8.10. The van der Waals surface area contributed by atoms with Gasteiger partial charge in [0.15, 0.2) is 6.21 Å². The minimum Gasteiger partial charge on any atom is -0.365 e. The van der Waals surface area contributed by atoms with Crippen molar-refractivity contribution < 1.29 is 14.2 Å². The van der Waals surface area contributed by atoms with Gasteiger partial charge in [0.25, 0.3) is 0 Å². The van der Waals surface area contributed by atoms with Gasteiger partial charge in [-0.3, -0.25) is 5.41 Å². The number of hydrogen-bond acceptors (Lipinski definition) is 5. The molecule has 0 atom stereocenters. The number of nitrogens with two attached hydrogens (primary N) is 1. The lowest BCUT2D eigenvalue weighted by Crippen LogP contribution is -2.45. The van der Waals surface area contributed by atoms with E-state index in [1.165, 1.54) is 30.7 Å². The van der Waals surface area contributed by atoms with E-state index in [9.17, 15) is 8.78 Å². The van der Waals surface area contributed by atoms with Gasteiger partial charge in [0.05, 0.1) is 0 Å². The van der Waals surface area contributed by atoms with E-state index in [2.05, 4.69) is 32.1 Å². The van der Waals surface area contributed by atoms with Crippen LogP contribution >= 0.6 is 0 Å². The Labute approximate surface area is 145 Å². The van der Waals surface area contributed by atoms with Crippen LogP contribution in [0.3, 0.4) is 0 Å². The Morgan fingerprint density at radius 1 is 1.16 bits per heavy atom. The van der Waals surface area contributed by atoms with E-state index in [0.717, 1.165) is 32.0 Å². The molecule has 1 aromatic carbocycles. The van der Waals surface area contributed by atoms with Crippen molar-refractivity contribution in [3.05, 3.63) is 47.3 Å². The molecule has 2 aromatic rings. The second kappa shape index (κ2) is 7.52. The van der Waals surface area contributed by atoms with Crippen LogP contribution in [0.2, 0.25) is 0 Å². The summed E-state index contributed by atoms with van der Waals surface area (Å²) in [5, 5.41) is 8.75. The smallest absolute Gasteiger partial charge is 0.174 e. The van der Waals surface area contributed by atoms with Crippen LogP contribution in [-0.4, -0.2) is 54.3 Å². The predicted molar refractivity (Wildman–Crippen MR) is 92.5 cm³/mol. The number of rotatable bonds is 5. The van der Waals surface area contributed by atoms with Crippen molar-refractivity contribution in [2.24, 2.45) is 0 Å². The quantitative estimate of drug-likeness (QED) is 0.762. The second-order valence-corrected chi connectivity index (χ2v) is 5.97. The highest BCUT2D eigenvalue weighted by Gasteiger charge is 2.21. The number of likely N-dealkylation sites (N-methyl/N-ethyl adjacent to an activating group) is 1. The number of nitrogens with one attached hydrogen (secondary N) is 1. The van der Waals surface area contributed by atoms with Crippen molar-refractivity contribution in [3.8, 4) is 0 Å². The fraction of sp³-hybridized carbons (Fsp3) is 0.353. The number of nitrogens with zero attached hydrogens (tertiary/aromatic N) is 4. The fourth-order valence-corrected chi connectivity index (χ4v) is 2.82. The Bertz CT molecular complexity index is 739. The molecule has 0 spiro atoms. The molecular formula is C17H21F2N6+. The number of piperazine rings is 1. The Kier molecular flexibility index (Phi) is 5.18. The SMILES string of the molecule is CN1CCN(c2ncnc(NCc3c(F)cccc3F)c2C=[NH2+])CC1. The Morgan fingerprint density at radius 3 is 2.48 bits per heavy atom. The van der Waals surface area contributed by atoms with Crippen molar-refractivity contribution in [1.29, 1.82) is 0 Å². The van der Waals surface area contributed by atoms with Crippen LogP contribution in [0.15, 0.2) is 24.5 Å². The Morgan fingerprint density at radius 2 is 1.84 bits per heavy atom. The van der Waals surface area contributed by atoms with Crippen LogP contribution in [0.25, 0.3) is 0 Å². The number of anilines is 2. The van der Waals surface area contributed by atoms with E-state index >= 15 is 0 Å². The Balaban J connectivity index is 1.82. The van der Waals surface area contributed by atoms with Crippen LogP contribution in [0.4, 0.5) is 20.4 Å². The minimum atomic E-state index is -0.598. The maximum Gasteiger partial charge on any atom is 0.174 e. The van der Waals surface area contributed by atoms with E-state index < -0.39 is 11.6 Å². The summed E-state index contributed by atoms with van der Waals surface area (Å²) in [7, 11) is 2.07. The van der Waals surface area contributed by atoms with Gasteiger partial charge >= 0.3 is 0 Å². The van der Waals surface area contributed by atoms with E-state index in [0.29, 0.717) is 11.4 Å². The standard InChI is InChI=1S/C17H20F2N6/c1-24-5-7-25(8-6-24)17-12(9-20)16(22-11-23-17)21-10-13-14(18)3-2-4-15(13)19/h2-4,9,11,20H,5-8,10H2,1H3,(H,21,22,23)/p+1. The van der Waals surface area contributed by atoms with Crippen molar-refractivity contribution in [2.75, 3.05) is 43.4 Å². The molecule has 0 saturated carbocycles. The van der Waals surface area contributed by atoms with Gasteiger partial charge in [-0.1, -0.05) is 6.07 Å². The Hall–Kier alpha value is -2.61. The lowest BCUT2D eigenvalue weighted by atomic mass is 10.2. The predicted octanol–water partition coefficient (Wildman–Crippen LogP) is 0.297. The first kappa shape index (κ1) is 17.2. The average Bonchev–Trinajstić information content (AvgIpc) is 2.61. The summed E-state index contributed by atoms with van der Waals surface area (Å²) in [4.78, 5) is 12.9. The number of benzene rings is 1. The first-order valence-electron chi connectivity index (χ1n) is 8.10. The lowest BCUT2D eigenvalue weighted by molar-refractivity contribution is -0.104. The van der Waals surface area contributed by atoms with Gasteiger partial charge in [-0.2, -0.15) is 0 Å². The van der Waals surface area contributed by atoms with Gasteiger partial charge in [-0.05, 0) is 19.2 Å². The van der Waals surface area contributed by atoms with E-state index in [-0.39, 0.29) is 12.1 Å². The zero-order chi connectivity index (χ0) is 17.8. The fourth-order valence-electron chi connectivity index (χ4n) is 2.82. The molecule has 1 saturated heterocycles. The van der Waals surface area contributed by atoms with Gasteiger partial charge in [0, 0.05) is 38.3 Å². The zero-order valence-electron chi connectivity index (χ0n) is 14.0. The molecule has 25 heavy (non-hydrogen) atoms. The highest BCUT2D eigenvalue weighted by molar-refractivity contribution is 5.89. The van der Waals surface area contributed by atoms with E-state index in [1.807, 2.05) is 0 Å². The third-order valence-electron chi connectivity index (χ3n) is 4.33. The van der Waals surface area contributed by atoms with Crippen LogP contribution < -0.4 is 15.6 Å². The van der Waals surface area contributed by atoms with Gasteiger partial charge < -0.3 is 15.1 Å². The van der Waals surface area contributed by atoms with Crippen LogP contribution in [0.5, 0.6) is 0 Å². The third-order valence-corrected chi connectivity index (χ3v) is 4.33. The monoisotopic (exact) mass is 347 g/mol. The highest BCUT2D eigenvalue weighted by atomic mass is 19.1. The lowest BCUT2D eigenvalue weighted by Gasteiger charge is -2.33. The molecule has 1 aliphatic rings. The summed E-state index contributed by atoms with van der Waals surface area (Å²) in [6.07, 6.45) is 2.86. The molecule has 6 nitrogen and oxygen atoms in total. The molecule has 3 N–H and O–H groups in total. The summed E-state index contributed by atoms with van der Waals surface area (Å²) in [5.41, 5.74) is 0.592. The molecule has 3 rings (SSSR count). The summed E-state index contributed by atoms with van der Waals surface area (Å²) < 4.78 is 27.6. The molecule has 0 aliphatic carbocycles. The molecule has 0 amide bonds. The normalized spacial score (nSPS) is 15.2. The molecule has 0 bridgehead atoms. The van der Waals surface area contributed by atoms with Crippen LogP contribution in [-0.2, 0) is 6.54 Å². The van der Waals surface area contributed by atoms with Crippen LogP contribution in [0, 0.1) is 11.6 Å². The van der Waals surface area contributed by atoms with Crippen molar-refractivity contribution in [2.45, 2.75) is 6.54 Å². The van der Waals surface area contributed by atoms with E-state index in [4.69, 9.17) is 5.41 Å². The van der Waals surface area contributed by atoms with Crippen molar-refractivity contribution in [3.63, 3.8) is 0 Å². The van der Waals surface area contributed by atoms with Crippen molar-refractivity contribution >= 4 is 17.9 Å². The first-order chi connectivity index (χ1) is 12.1. The van der Waals surface area contributed by atoms with Crippen molar-refractivity contribution in [1.82, 2.24) is 14.9 Å². The molecule has 8 heteroatoms. The highest BCUT2D eigenvalue weighted by Crippen LogP contribution is 2.23. The maximum absolute atomic E-state index is 13.8. The number of aromatic nitrogens is 2. The van der Waals surface area contributed by atoms with Crippen LogP contribution in [0.1, 0.15) is 11.1 Å². The zero-order valence-corrected chi connectivity index (χ0v) is 14.0. The molecule has 1 aliphatic heterocycles. The minimum absolute atomic E-state index is 0.0292. The molecular weight excluding hydrogens is 326 g/mol. The van der Waals surface area contributed by atoms with Gasteiger partial charge in [-0.15, -0.1) is 0 Å². The summed E-state index contributed by atoms with van der Waals surface area (Å²) in [5.74, 6) is -0.0190. The maximum atomic E-state index is 13.8. The number of halogens is 2.